The van der Waals surface area contributed by atoms with Crippen LogP contribution in [-0.4, -0.2) is 27.4 Å². The van der Waals surface area contributed by atoms with Crippen LogP contribution in [0.15, 0.2) is 18.2 Å². The Kier molecular flexibility index (Phi) is 4.78. The Labute approximate surface area is 111 Å². The largest absolute Gasteiger partial charge is 0.481 e. The summed E-state index contributed by atoms with van der Waals surface area (Å²) in [7, 11) is 0. The Bertz CT molecular complexity index is 475. The van der Waals surface area contributed by atoms with Crippen LogP contribution >= 0.6 is 11.6 Å². The van der Waals surface area contributed by atoms with E-state index >= 15 is 0 Å². The Balaban J connectivity index is 2.98. The Morgan fingerprint density at radius 1 is 1.32 bits per heavy atom. The van der Waals surface area contributed by atoms with Crippen molar-refractivity contribution in [2.24, 2.45) is 0 Å². The molecule has 0 aliphatic rings. The van der Waals surface area contributed by atoms with Gasteiger partial charge in [0.25, 0.3) is 0 Å². The fraction of sp³-hybridized carbons (Fsp3) is 0.364. The summed E-state index contributed by atoms with van der Waals surface area (Å²) in [5.41, 5.74) is -1.16. The highest BCUT2D eigenvalue weighted by molar-refractivity contribution is 6.31. The second-order valence-corrected chi connectivity index (χ2v) is 4.25. The van der Waals surface area contributed by atoms with Gasteiger partial charge in [0.05, 0.1) is 23.1 Å². The number of aliphatic hydroxyl groups is 2. The SMILES string of the molecule is O=C(O)CC(O)C(O)c1ccc(C(F)(F)F)c(Cl)c1. The number of benzene rings is 1. The zero-order valence-corrected chi connectivity index (χ0v) is 10.1. The summed E-state index contributed by atoms with van der Waals surface area (Å²) in [6.45, 7) is 0. The first-order valence-electron chi connectivity index (χ1n) is 5.07. The van der Waals surface area contributed by atoms with Crippen molar-refractivity contribution in [3.05, 3.63) is 34.3 Å². The van der Waals surface area contributed by atoms with E-state index in [9.17, 15) is 28.2 Å². The van der Waals surface area contributed by atoms with Gasteiger partial charge in [-0.05, 0) is 17.7 Å². The molecule has 0 radical (unpaired) electrons. The van der Waals surface area contributed by atoms with Crippen LogP contribution < -0.4 is 0 Å². The lowest BCUT2D eigenvalue weighted by Gasteiger charge is -2.18. The van der Waals surface area contributed by atoms with Gasteiger partial charge in [0.2, 0.25) is 0 Å². The highest BCUT2D eigenvalue weighted by Gasteiger charge is 2.33. The first-order chi connectivity index (χ1) is 8.62. The van der Waals surface area contributed by atoms with Gasteiger partial charge in [0.1, 0.15) is 6.10 Å². The summed E-state index contributed by atoms with van der Waals surface area (Å²) < 4.78 is 37.3. The number of aliphatic carboxylic acids is 1. The van der Waals surface area contributed by atoms with Crippen LogP contribution in [0.5, 0.6) is 0 Å². The average molecular weight is 299 g/mol. The maximum absolute atomic E-state index is 12.4. The van der Waals surface area contributed by atoms with Crippen molar-refractivity contribution in [1.82, 2.24) is 0 Å². The Hall–Kier alpha value is -1.31. The van der Waals surface area contributed by atoms with E-state index in [4.69, 9.17) is 16.7 Å². The van der Waals surface area contributed by atoms with Crippen molar-refractivity contribution in [3.63, 3.8) is 0 Å². The normalized spacial score (nSPS) is 15.1. The van der Waals surface area contributed by atoms with E-state index < -0.39 is 41.4 Å². The van der Waals surface area contributed by atoms with Crippen LogP contribution in [0.1, 0.15) is 23.7 Å². The monoisotopic (exact) mass is 298 g/mol. The molecule has 0 aliphatic heterocycles. The minimum absolute atomic E-state index is 0.0910. The molecule has 0 saturated carbocycles. The third kappa shape index (κ3) is 4.09. The molecule has 106 valence electrons. The van der Waals surface area contributed by atoms with Gasteiger partial charge in [-0.1, -0.05) is 17.7 Å². The van der Waals surface area contributed by atoms with Crippen LogP contribution in [0, 0.1) is 0 Å². The standard InChI is InChI=1S/C11H10ClF3O4/c12-7-3-5(1-2-6(7)11(13,14)15)10(19)8(16)4-9(17)18/h1-3,8,10,16,19H,4H2,(H,17,18). The highest BCUT2D eigenvalue weighted by atomic mass is 35.5. The highest BCUT2D eigenvalue weighted by Crippen LogP contribution is 2.36. The van der Waals surface area contributed by atoms with E-state index in [0.29, 0.717) is 6.07 Å². The number of carbonyl (C=O) groups is 1. The van der Waals surface area contributed by atoms with Gasteiger partial charge < -0.3 is 15.3 Å². The van der Waals surface area contributed by atoms with Crippen LogP contribution in [0.3, 0.4) is 0 Å². The molecule has 0 heterocycles. The minimum atomic E-state index is -4.62. The second-order valence-electron chi connectivity index (χ2n) is 3.85. The number of hydrogen-bond acceptors (Lipinski definition) is 3. The molecule has 1 aromatic rings. The molecule has 0 amide bonds. The van der Waals surface area contributed by atoms with Crippen LogP contribution in [0.4, 0.5) is 13.2 Å². The van der Waals surface area contributed by atoms with E-state index in [-0.39, 0.29) is 5.56 Å². The molecular formula is C11H10ClF3O4. The molecule has 0 aliphatic carbocycles. The molecule has 0 fully saturated rings. The fourth-order valence-corrected chi connectivity index (χ4v) is 1.75. The molecule has 1 rings (SSSR count). The first kappa shape index (κ1) is 15.7. The molecule has 0 saturated heterocycles. The number of hydrogen-bond donors (Lipinski definition) is 3. The minimum Gasteiger partial charge on any atom is -0.481 e. The zero-order valence-electron chi connectivity index (χ0n) is 9.36. The maximum atomic E-state index is 12.4. The summed E-state index contributed by atoms with van der Waals surface area (Å²) in [5.74, 6) is -1.34. The summed E-state index contributed by atoms with van der Waals surface area (Å²) in [6.07, 6.45) is -8.62. The lowest BCUT2D eigenvalue weighted by atomic mass is 10.0. The number of halogens is 4. The molecule has 0 bridgehead atoms. The Morgan fingerprint density at radius 3 is 2.32 bits per heavy atom. The second kappa shape index (κ2) is 5.77. The predicted molar refractivity (Wildman–Crippen MR) is 59.7 cm³/mol. The quantitative estimate of drug-likeness (QED) is 0.796. The number of carboxylic acid groups (broad SMARTS) is 1. The molecule has 4 nitrogen and oxygen atoms in total. The van der Waals surface area contributed by atoms with Gasteiger partial charge in [0.15, 0.2) is 0 Å². The van der Waals surface area contributed by atoms with Crippen molar-refractivity contribution in [2.75, 3.05) is 0 Å². The predicted octanol–water partition coefficient (Wildman–Crippen LogP) is 2.23. The molecule has 19 heavy (non-hydrogen) atoms. The van der Waals surface area contributed by atoms with Crippen molar-refractivity contribution in [3.8, 4) is 0 Å². The molecule has 0 aromatic heterocycles. The summed E-state index contributed by atoms with van der Waals surface area (Å²) in [6, 6.07) is 2.44. The molecular weight excluding hydrogens is 289 g/mol. The molecule has 0 spiro atoms. The van der Waals surface area contributed by atoms with Crippen molar-refractivity contribution in [2.45, 2.75) is 24.8 Å². The molecule has 8 heteroatoms. The van der Waals surface area contributed by atoms with Gasteiger partial charge in [-0.25, -0.2) is 0 Å². The summed E-state index contributed by atoms with van der Waals surface area (Å²) in [5, 5.41) is 26.8. The molecule has 2 atom stereocenters. The third-order valence-corrected chi connectivity index (χ3v) is 2.70. The maximum Gasteiger partial charge on any atom is 0.417 e. The lowest BCUT2D eigenvalue weighted by molar-refractivity contribution is -0.141. The summed E-state index contributed by atoms with van der Waals surface area (Å²) in [4.78, 5) is 10.4. The average Bonchev–Trinajstić information content (AvgIpc) is 2.25. The van der Waals surface area contributed by atoms with Crippen LogP contribution in [0.2, 0.25) is 5.02 Å². The number of alkyl halides is 3. The van der Waals surface area contributed by atoms with Gasteiger partial charge in [-0.15, -0.1) is 0 Å². The van der Waals surface area contributed by atoms with E-state index in [2.05, 4.69) is 0 Å². The van der Waals surface area contributed by atoms with Crippen LogP contribution in [-0.2, 0) is 11.0 Å². The number of aliphatic hydroxyl groups excluding tert-OH is 2. The zero-order chi connectivity index (χ0) is 14.8. The van der Waals surface area contributed by atoms with E-state index in [0.717, 1.165) is 12.1 Å². The van der Waals surface area contributed by atoms with Crippen LogP contribution in [0.25, 0.3) is 0 Å². The van der Waals surface area contributed by atoms with Crippen molar-refractivity contribution >= 4 is 17.6 Å². The van der Waals surface area contributed by atoms with Gasteiger partial charge in [0, 0.05) is 0 Å². The lowest BCUT2D eigenvalue weighted by Crippen LogP contribution is -2.22. The van der Waals surface area contributed by atoms with Crippen molar-refractivity contribution in [1.29, 1.82) is 0 Å². The molecule has 1 aromatic carbocycles. The van der Waals surface area contributed by atoms with Gasteiger partial charge >= 0.3 is 12.1 Å². The van der Waals surface area contributed by atoms with E-state index in [1.165, 1.54) is 0 Å². The van der Waals surface area contributed by atoms with Gasteiger partial charge in [-0.3, -0.25) is 4.79 Å². The summed E-state index contributed by atoms with van der Waals surface area (Å²) >= 11 is 5.44. The third-order valence-electron chi connectivity index (χ3n) is 2.39. The number of carboxylic acids is 1. The smallest absolute Gasteiger partial charge is 0.417 e. The Morgan fingerprint density at radius 2 is 1.89 bits per heavy atom. The van der Waals surface area contributed by atoms with E-state index in [1.807, 2.05) is 0 Å². The molecule has 3 N–H and O–H groups in total. The van der Waals surface area contributed by atoms with Gasteiger partial charge in [-0.2, -0.15) is 13.2 Å². The van der Waals surface area contributed by atoms with Crippen molar-refractivity contribution < 1.29 is 33.3 Å². The topological polar surface area (TPSA) is 77.8 Å². The number of rotatable bonds is 4. The molecule has 2 unspecified atom stereocenters. The van der Waals surface area contributed by atoms with E-state index in [1.54, 1.807) is 0 Å². The first-order valence-corrected chi connectivity index (χ1v) is 5.45. The fourth-order valence-electron chi connectivity index (χ4n) is 1.46.